The number of nitrogens with zero attached hydrogens (tertiary/aromatic N) is 2. The van der Waals surface area contributed by atoms with Crippen molar-refractivity contribution in [1.82, 2.24) is 4.98 Å². The van der Waals surface area contributed by atoms with E-state index in [1.54, 1.807) is 0 Å². The molecule has 0 bridgehead atoms. The third-order valence-electron chi connectivity index (χ3n) is 5.48. The first-order chi connectivity index (χ1) is 13.4. The molecule has 2 aliphatic heterocycles. The van der Waals surface area contributed by atoms with Gasteiger partial charge in [0.15, 0.2) is 0 Å². The van der Waals surface area contributed by atoms with Crippen molar-refractivity contribution in [2.24, 2.45) is 0 Å². The number of aryl methyl sites for hydroxylation is 1. The Balaban J connectivity index is 1.68. The highest BCUT2D eigenvalue weighted by molar-refractivity contribution is 7.92. The van der Waals surface area contributed by atoms with Crippen molar-refractivity contribution in [2.45, 2.75) is 25.5 Å². The molecular formula is C21H19N3O3S. The van der Waals surface area contributed by atoms with E-state index in [-0.39, 0.29) is 11.7 Å². The largest absolute Gasteiger partial charge is 0.312 e. The van der Waals surface area contributed by atoms with E-state index in [4.69, 9.17) is 0 Å². The quantitative estimate of drug-likeness (QED) is 0.722. The highest BCUT2D eigenvalue weighted by Gasteiger charge is 2.26. The van der Waals surface area contributed by atoms with Gasteiger partial charge in [-0.2, -0.15) is 0 Å². The number of anilines is 2. The molecule has 1 amide bonds. The van der Waals surface area contributed by atoms with Crippen LogP contribution in [0.25, 0.3) is 21.9 Å². The van der Waals surface area contributed by atoms with Crippen molar-refractivity contribution in [1.29, 1.82) is 0 Å². The lowest BCUT2D eigenvalue weighted by Crippen LogP contribution is -2.23. The number of pyridine rings is 1. The SMILES string of the molecule is Cc1cc2c(cc1-c1cncc3ccc(N4CCCC4=O)cc13)CS(=O)(=O)N2. The topological polar surface area (TPSA) is 79.4 Å². The number of amides is 1. The first kappa shape index (κ1) is 17.2. The molecule has 1 fully saturated rings. The molecule has 0 atom stereocenters. The zero-order valence-corrected chi connectivity index (χ0v) is 16.2. The summed E-state index contributed by atoms with van der Waals surface area (Å²) in [6.07, 6.45) is 5.09. The fourth-order valence-corrected chi connectivity index (χ4v) is 5.37. The minimum Gasteiger partial charge on any atom is -0.312 e. The number of hydrogen-bond donors (Lipinski definition) is 1. The Labute approximate surface area is 163 Å². The van der Waals surface area contributed by atoms with Crippen LogP contribution in [0.3, 0.4) is 0 Å². The van der Waals surface area contributed by atoms with Gasteiger partial charge in [0.2, 0.25) is 15.9 Å². The molecular weight excluding hydrogens is 374 g/mol. The molecule has 0 radical (unpaired) electrons. The summed E-state index contributed by atoms with van der Waals surface area (Å²) < 4.78 is 26.4. The number of fused-ring (bicyclic) bond motifs is 2. The number of benzene rings is 2. The Morgan fingerprint density at radius 3 is 2.75 bits per heavy atom. The number of carbonyl (C=O) groups is 1. The second kappa shape index (κ2) is 6.04. The number of sulfonamides is 1. The van der Waals surface area contributed by atoms with Gasteiger partial charge in [-0.15, -0.1) is 0 Å². The molecule has 1 N–H and O–H groups in total. The van der Waals surface area contributed by atoms with Crippen molar-refractivity contribution in [3.05, 3.63) is 53.9 Å². The van der Waals surface area contributed by atoms with E-state index in [9.17, 15) is 13.2 Å². The fourth-order valence-electron chi connectivity index (χ4n) is 4.12. The van der Waals surface area contributed by atoms with Gasteiger partial charge in [0.05, 0.1) is 11.4 Å². The zero-order valence-electron chi connectivity index (χ0n) is 15.4. The molecule has 1 aromatic heterocycles. The highest BCUT2D eigenvalue weighted by atomic mass is 32.2. The van der Waals surface area contributed by atoms with E-state index in [1.807, 2.05) is 54.5 Å². The van der Waals surface area contributed by atoms with Gasteiger partial charge >= 0.3 is 0 Å². The zero-order chi connectivity index (χ0) is 19.5. The fraction of sp³-hybridized carbons (Fsp3) is 0.238. The molecule has 0 spiro atoms. The predicted molar refractivity (Wildman–Crippen MR) is 110 cm³/mol. The Morgan fingerprint density at radius 2 is 1.96 bits per heavy atom. The lowest BCUT2D eigenvalue weighted by Gasteiger charge is -2.18. The van der Waals surface area contributed by atoms with Crippen molar-refractivity contribution in [2.75, 3.05) is 16.2 Å². The Kier molecular flexibility index (Phi) is 3.71. The normalized spacial score (nSPS) is 17.8. The van der Waals surface area contributed by atoms with E-state index in [0.29, 0.717) is 12.1 Å². The lowest BCUT2D eigenvalue weighted by atomic mass is 9.94. The molecule has 3 heterocycles. The third kappa shape index (κ3) is 2.74. The molecule has 0 unspecified atom stereocenters. The van der Waals surface area contributed by atoms with Crippen molar-refractivity contribution < 1.29 is 13.2 Å². The molecule has 5 rings (SSSR count). The molecule has 0 saturated carbocycles. The Bertz CT molecular complexity index is 1250. The minimum absolute atomic E-state index is 0.0126. The monoisotopic (exact) mass is 393 g/mol. The summed E-state index contributed by atoms with van der Waals surface area (Å²) in [4.78, 5) is 18.4. The maximum atomic E-state index is 12.2. The van der Waals surface area contributed by atoms with Crippen LogP contribution in [0.15, 0.2) is 42.7 Å². The van der Waals surface area contributed by atoms with Gasteiger partial charge in [-0.25, -0.2) is 8.42 Å². The summed E-state index contributed by atoms with van der Waals surface area (Å²) in [7, 11) is -3.30. The van der Waals surface area contributed by atoms with Crippen LogP contribution in [0.4, 0.5) is 11.4 Å². The highest BCUT2D eigenvalue weighted by Crippen LogP contribution is 2.38. The second-order valence-corrected chi connectivity index (χ2v) is 9.15. The number of carbonyl (C=O) groups excluding carboxylic acids is 1. The maximum absolute atomic E-state index is 12.2. The lowest BCUT2D eigenvalue weighted by molar-refractivity contribution is -0.117. The van der Waals surface area contributed by atoms with Gasteiger partial charge in [0, 0.05) is 42.0 Å². The Hall–Kier alpha value is -2.93. The molecule has 2 aromatic carbocycles. The van der Waals surface area contributed by atoms with Gasteiger partial charge in [-0.1, -0.05) is 6.07 Å². The van der Waals surface area contributed by atoms with Crippen LogP contribution in [0.2, 0.25) is 0 Å². The van der Waals surface area contributed by atoms with Crippen molar-refractivity contribution >= 4 is 38.1 Å². The summed E-state index contributed by atoms with van der Waals surface area (Å²) in [6.45, 7) is 2.71. The molecule has 6 nitrogen and oxygen atoms in total. The molecule has 3 aromatic rings. The van der Waals surface area contributed by atoms with E-state index >= 15 is 0 Å². The summed E-state index contributed by atoms with van der Waals surface area (Å²) in [5, 5.41) is 1.99. The smallest absolute Gasteiger partial charge is 0.237 e. The van der Waals surface area contributed by atoms with Crippen molar-refractivity contribution in [3.63, 3.8) is 0 Å². The predicted octanol–water partition coefficient (Wildman–Crippen LogP) is 3.59. The molecule has 28 heavy (non-hydrogen) atoms. The second-order valence-electron chi connectivity index (χ2n) is 7.43. The summed E-state index contributed by atoms with van der Waals surface area (Å²) >= 11 is 0. The third-order valence-corrected chi connectivity index (χ3v) is 6.70. The molecule has 2 aliphatic rings. The van der Waals surface area contributed by atoms with E-state index < -0.39 is 10.0 Å². The van der Waals surface area contributed by atoms with Crippen LogP contribution in [0, 0.1) is 6.92 Å². The number of nitrogens with one attached hydrogen (secondary N) is 1. The summed E-state index contributed by atoms with van der Waals surface area (Å²) in [5.74, 6) is 0.140. The first-order valence-corrected chi connectivity index (χ1v) is 10.9. The van der Waals surface area contributed by atoms with E-state index in [2.05, 4.69) is 9.71 Å². The number of hydrogen-bond acceptors (Lipinski definition) is 4. The van der Waals surface area contributed by atoms with Gasteiger partial charge in [0.1, 0.15) is 0 Å². The molecule has 0 aliphatic carbocycles. The van der Waals surface area contributed by atoms with Crippen LogP contribution in [0.1, 0.15) is 24.0 Å². The van der Waals surface area contributed by atoms with Crippen LogP contribution in [-0.2, 0) is 20.6 Å². The summed E-state index contributed by atoms with van der Waals surface area (Å²) in [5.41, 5.74) is 5.18. The van der Waals surface area contributed by atoms with Crippen LogP contribution < -0.4 is 9.62 Å². The van der Waals surface area contributed by atoms with Gasteiger partial charge < -0.3 is 4.90 Å². The number of aromatic nitrogens is 1. The van der Waals surface area contributed by atoms with Gasteiger partial charge in [-0.05, 0) is 59.7 Å². The van der Waals surface area contributed by atoms with E-state index in [1.165, 1.54) is 0 Å². The average molecular weight is 393 g/mol. The molecule has 7 heteroatoms. The maximum Gasteiger partial charge on any atom is 0.237 e. The van der Waals surface area contributed by atoms with Gasteiger partial charge in [0.25, 0.3) is 0 Å². The number of rotatable bonds is 2. The standard InChI is InChI=1S/C21H19N3O3S/c1-13-7-20-15(12-28(26,27)23-20)8-17(13)19-11-22-10-14-4-5-16(9-18(14)19)24-6-2-3-21(24)25/h4-5,7-11,23H,2-3,6,12H2,1H3. The van der Waals surface area contributed by atoms with Crippen LogP contribution >= 0.6 is 0 Å². The van der Waals surface area contributed by atoms with Gasteiger partial charge in [-0.3, -0.25) is 14.5 Å². The Morgan fingerprint density at radius 1 is 1.11 bits per heavy atom. The van der Waals surface area contributed by atoms with Crippen LogP contribution in [-0.4, -0.2) is 25.9 Å². The van der Waals surface area contributed by atoms with Crippen LogP contribution in [0.5, 0.6) is 0 Å². The minimum atomic E-state index is -3.30. The van der Waals surface area contributed by atoms with Crippen molar-refractivity contribution in [3.8, 4) is 11.1 Å². The molecule has 1 saturated heterocycles. The first-order valence-electron chi connectivity index (χ1n) is 9.24. The summed E-state index contributed by atoms with van der Waals surface area (Å²) in [6, 6.07) is 9.80. The average Bonchev–Trinajstić information content (AvgIpc) is 3.21. The van der Waals surface area contributed by atoms with E-state index in [0.717, 1.165) is 51.7 Å². The molecule has 142 valence electrons.